The van der Waals surface area contributed by atoms with E-state index in [1.54, 1.807) is 84.9 Å². The van der Waals surface area contributed by atoms with Crippen LogP contribution in [0.25, 0.3) is 11.1 Å². The molecule has 0 fully saturated rings. The molecule has 6 aromatic rings. The lowest BCUT2D eigenvalue weighted by Gasteiger charge is -2.30. The topological polar surface area (TPSA) is 86.7 Å². The molecule has 0 heterocycles. The third-order valence-electron chi connectivity index (χ3n) is 9.76. The second-order valence-corrected chi connectivity index (χ2v) is 18.5. The number of alkyl halides is 1. The monoisotopic (exact) mass is 798 g/mol. The Kier molecular flexibility index (Phi) is 11.3. The molecule has 0 saturated carbocycles. The van der Waals surface area contributed by atoms with E-state index in [-0.39, 0.29) is 19.6 Å². The highest BCUT2D eigenvalue weighted by Gasteiger charge is 2.28. The first kappa shape index (κ1) is 39.1. The van der Waals surface area contributed by atoms with E-state index in [9.17, 15) is 16.8 Å². The Morgan fingerprint density at radius 3 is 1.24 bits per heavy atom. The van der Waals surface area contributed by atoms with Crippen molar-refractivity contribution >= 4 is 42.9 Å². The molecule has 0 aliphatic carbocycles. The van der Waals surface area contributed by atoms with Crippen LogP contribution in [0.4, 0.5) is 0 Å². The summed E-state index contributed by atoms with van der Waals surface area (Å²) in [4.78, 5) is 0.204. The van der Waals surface area contributed by atoms with E-state index < -0.39 is 30.1 Å². The van der Waals surface area contributed by atoms with Gasteiger partial charge in [-0.05, 0) is 146 Å². The molecule has 10 heteroatoms. The normalized spacial score (nSPS) is 14.1. The summed E-state index contributed by atoms with van der Waals surface area (Å²) in [5.41, 5.74) is 2.99. The summed E-state index contributed by atoms with van der Waals surface area (Å²) in [5, 5.41) is 0.472. The van der Waals surface area contributed by atoms with Crippen molar-refractivity contribution in [2.24, 2.45) is 0 Å². The summed E-state index contributed by atoms with van der Waals surface area (Å²) in [7, 11) is -7.39. The van der Waals surface area contributed by atoms with Gasteiger partial charge in [0.15, 0.2) is 0 Å². The number of rotatable bonds is 13. The molecule has 0 saturated heterocycles. The fourth-order valence-corrected chi connectivity index (χ4v) is 8.68. The molecule has 0 spiro atoms. The van der Waals surface area contributed by atoms with E-state index >= 15 is 0 Å². The van der Waals surface area contributed by atoms with Crippen molar-refractivity contribution in [3.8, 4) is 28.4 Å². The fraction of sp³-hybridized carbons (Fsp3) is 0.182. The minimum absolute atomic E-state index is 0.173. The number of hydrogen-bond donors (Lipinski definition) is 0. The molecule has 0 aliphatic rings. The summed E-state index contributed by atoms with van der Waals surface area (Å²) in [6.45, 7) is 7.91. The Labute approximate surface area is 328 Å². The van der Waals surface area contributed by atoms with Gasteiger partial charge >= 0.3 is 0 Å². The zero-order chi connectivity index (χ0) is 38.7. The van der Waals surface area contributed by atoms with Gasteiger partial charge in [-0.3, -0.25) is 0 Å². The Morgan fingerprint density at radius 2 is 0.833 bits per heavy atom. The number of ether oxygens (including phenoxy) is 2. The SMILES string of the molecule is CCC(C)(Cl)c1ccc(S(=O)(=O)c2ccc(Oc3ccc(-c4ccc(OC(C)(CC)c5ccc(S(=O)(=O)c6ccc(Cl)cc6)cc5)cc4)cc3)cc2)cc1. The quantitative estimate of drug-likeness (QED) is 0.108. The molecular formula is C44H40Cl2O6S2. The van der Waals surface area contributed by atoms with Gasteiger partial charge in [-0.2, -0.15) is 0 Å². The molecule has 0 amide bonds. The molecule has 6 rings (SSSR count). The van der Waals surface area contributed by atoms with Crippen LogP contribution in [-0.4, -0.2) is 16.8 Å². The van der Waals surface area contributed by atoms with Crippen LogP contribution in [0.5, 0.6) is 17.2 Å². The Morgan fingerprint density at radius 1 is 0.481 bits per heavy atom. The predicted octanol–water partition coefficient (Wildman–Crippen LogP) is 12.0. The summed E-state index contributed by atoms with van der Waals surface area (Å²) in [5.74, 6) is 1.80. The smallest absolute Gasteiger partial charge is 0.206 e. The van der Waals surface area contributed by atoms with Crippen molar-refractivity contribution in [1.29, 1.82) is 0 Å². The highest BCUT2D eigenvalue weighted by Crippen LogP contribution is 2.36. The highest BCUT2D eigenvalue weighted by atomic mass is 35.5. The summed E-state index contributed by atoms with van der Waals surface area (Å²) in [6.07, 6.45) is 1.37. The van der Waals surface area contributed by atoms with Gasteiger partial charge in [-0.1, -0.05) is 74.0 Å². The third kappa shape index (κ3) is 8.37. The largest absolute Gasteiger partial charge is 0.483 e. The van der Waals surface area contributed by atoms with Crippen molar-refractivity contribution < 1.29 is 26.3 Å². The maximum absolute atomic E-state index is 13.3. The van der Waals surface area contributed by atoms with E-state index in [2.05, 4.69) is 0 Å². The van der Waals surface area contributed by atoms with Crippen molar-refractivity contribution in [3.63, 3.8) is 0 Å². The molecule has 2 atom stereocenters. The van der Waals surface area contributed by atoms with Crippen LogP contribution in [0.3, 0.4) is 0 Å². The van der Waals surface area contributed by atoms with Crippen LogP contribution in [0.15, 0.2) is 165 Å². The van der Waals surface area contributed by atoms with E-state index in [1.165, 1.54) is 12.1 Å². The first-order chi connectivity index (χ1) is 25.6. The minimum atomic E-state index is -3.71. The number of hydrogen-bond acceptors (Lipinski definition) is 6. The zero-order valence-corrected chi connectivity index (χ0v) is 33.4. The van der Waals surface area contributed by atoms with Gasteiger partial charge in [0.25, 0.3) is 0 Å². The van der Waals surface area contributed by atoms with Gasteiger partial charge < -0.3 is 9.47 Å². The minimum Gasteiger partial charge on any atom is -0.483 e. The fourth-order valence-electron chi connectivity index (χ4n) is 5.91. The molecule has 54 heavy (non-hydrogen) atoms. The zero-order valence-electron chi connectivity index (χ0n) is 30.3. The van der Waals surface area contributed by atoms with Crippen LogP contribution < -0.4 is 9.47 Å². The molecule has 6 aromatic carbocycles. The predicted molar refractivity (Wildman–Crippen MR) is 215 cm³/mol. The first-order valence-corrected chi connectivity index (χ1v) is 21.2. The molecule has 0 bridgehead atoms. The van der Waals surface area contributed by atoms with E-state index in [0.717, 1.165) is 28.7 Å². The number of benzene rings is 6. The second kappa shape index (κ2) is 15.6. The van der Waals surface area contributed by atoms with Crippen molar-refractivity contribution in [2.45, 2.75) is 70.6 Å². The Hall–Kier alpha value is -4.60. The van der Waals surface area contributed by atoms with Gasteiger partial charge in [0, 0.05) is 5.02 Å². The van der Waals surface area contributed by atoms with E-state index in [1.807, 2.05) is 76.2 Å². The standard InChI is InChI=1S/C44H40Cl2O6S2/c1-5-43(3,46)33-11-23-39(24-12-33)54(49,50)42-29-21-37(22-30-42)51-36-17-7-31(8-18-36)32-9-19-38(20-10-32)52-44(4,6-2)34-13-25-40(26-14-34)53(47,48)41-27-15-35(45)16-28-41/h7-30H,5-6H2,1-4H3. The molecule has 0 N–H and O–H groups in total. The lowest BCUT2D eigenvalue weighted by molar-refractivity contribution is 0.0825. The lowest BCUT2D eigenvalue weighted by atomic mass is 9.93. The van der Waals surface area contributed by atoms with Crippen molar-refractivity contribution in [1.82, 2.24) is 0 Å². The molecule has 2 unspecified atom stereocenters. The molecule has 0 aliphatic heterocycles. The number of sulfone groups is 2. The van der Waals surface area contributed by atoms with Crippen LogP contribution >= 0.6 is 23.2 Å². The first-order valence-electron chi connectivity index (χ1n) is 17.5. The summed E-state index contributed by atoms with van der Waals surface area (Å²) < 4.78 is 65.3. The lowest BCUT2D eigenvalue weighted by Crippen LogP contribution is -2.28. The Bertz CT molecular complexity index is 2430. The van der Waals surface area contributed by atoms with Gasteiger partial charge in [0.2, 0.25) is 19.7 Å². The molecule has 0 radical (unpaired) electrons. The molecular weight excluding hydrogens is 760 g/mol. The van der Waals surface area contributed by atoms with Crippen molar-refractivity contribution in [3.05, 3.63) is 162 Å². The Balaban J connectivity index is 1.09. The molecule has 0 aromatic heterocycles. The third-order valence-corrected chi connectivity index (χ3v) is 14.1. The average molecular weight is 800 g/mol. The molecule has 6 nitrogen and oxygen atoms in total. The van der Waals surface area contributed by atoms with Crippen molar-refractivity contribution in [2.75, 3.05) is 0 Å². The van der Waals surface area contributed by atoms with Gasteiger partial charge in [0.1, 0.15) is 22.8 Å². The molecule has 278 valence electrons. The number of halogens is 2. The maximum Gasteiger partial charge on any atom is 0.206 e. The van der Waals surface area contributed by atoms with E-state index in [0.29, 0.717) is 28.7 Å². The summed E-state index contributed by atoms with van der Waals surface area (Å²) >= 11 is 12.5. The van der Waals surface area contributed by atoms with Crippen LogP contribution in [0.1, 0.15) is 51.7 Å². The average Bonchev–Trinajstić information content (AvgIpc) is 3.19. The van der Waals surface area contributed by atoms with Crippen LogP contribution in [0.2, 0.25) is 5.02 Å². The second-order valence-electron chi connectivity index (χ2n) is 13.4. The van der Waals surface area contributed by atoms with Gasteiger partial charge in [0.05, 0.1) is 24.5 Å². The maximum atomic E-state index is 13.3. The highest BCUT2D eigenvalue weighted by molar-refractivity contribution is 7.91. The van der Waals surface area contributed by atoms with Gasteiger partial charge in [-0.15, -0.1) is 11.6 Å². The van der Waals surface area contributed by atoms with Gasteiger partial charge in [-0.25, -0.2) is 16.8 Å². The summed E-state index contributed by atoms with van der Waals surface area (Å²) in [6, 6.07) is 41.4. The van der Waals surface area contributed by atoms with Crippen LogP contribution in [0, 0.1) is 0 Å². The van der Waals surface area contributed by atoms with Crippen LogP contribution in [-0.2, 0) is 30.1 Å². The van der Waals surface area contributed by atoms with E-state index in [4.69, 9.17) is 32.7 Å².